The molecule has 1 nitrogen and oxygen atoms in total. The quantitative estimate of drug-likeness (QED) is 0.620. The molecule has 0 spiro atoms. The Bertz CT molecular complexity index is 438. The Morgan fingerprint density at radius 2 is 2.00 bits per heavy atom. The van der Waals surface area contributed by atoms with E-state index in [0.717, 1.165) is 24.2 Å². The molecule has 0 aliphatic carbocycles. The Labute approximate surface area is 99.0 Å². The van der Waals surface area contributed by atoms with Crippen LogP contribution in [0.15, 0.2) is 18.2 Å². The molecule has 92 valence electrons. The maximum absolute atomic E-state index is 12.5. The minimum atomic E-state index is -4.31. The van der Waals surface area contributed by atoms with Gasteiger partial charge in [-0.15, -0.1) is 0 Å². The molecule has 0 aliphatic rings. The molecule has 0 aliphatic heterocycles. The highest BCUT2D eigenvalue weighted by atomic mass is 19.4. The SMILES string of the molecule is CNCCC#Cc1cc(C(F)(F)F)ccc1C. The molecule has 0 heterocycles. The molecular formula is C13H14F3N. The first-order chi connectivity index (χ1) is 7.95. The van der Waals surface area contributed by atoms with Crippen LogP contribution in [0.4, 0.5) is 13.2 Å². The molecular weight excluding hydrogens is 227 g/mol. The molecule has 1 aromatic rings. The summed E-state index contributed by atoms with van der Waals surface area (Å²) >= 11 is 0. The van der Waals surface area contributed by atoms with Gasteiger partial charge in [-0.05, 0) is 31.7 Å². The van der Waals surface area contributed by atoms with Gasteiger partial charge < -0.3 is 5.32 Å². The lowest BCUT2D eigenvalue weighted by Gasteiger charge is -2.07. The first-order valence-electron chi connectivity index (χ1n) is 5.26. The summed E-state index contributed by atoms with van der Waals surface area (Å²) in [6.07, 6.45) is -3.69. The van der Waals surface area contributed by atoms with Gasteiger partial charge >= 0.3 is 6.18 Å². The van der Waals surface area contributed by atoms with Crippen LogP contribution in [-0.2, 0) is 6.18 Å². The molecule has 0 saturated heterocycles. The molecule has 1 N–H and O–H groups in total. The van der Waals surface area contributed by atoms with Crippen LogP contribution in [0.2, 0.25) is 0 Å². The zero-order chi connectivity index (χ0) is 12.9. The highest BCUT2D eigenvalue weighted by Gasteiger charge is 2.30. The fraction of sp³-hybridized carbons (Fsp3) is 0.385. The van der Waals surface area contributed by atoms with Crippen LogP contribution in [0.1, 0.15) is 23.1 Å². The lowest BCUT2D eigenvalue weighted by Crippen LogP contribution is -2.06. The minimum Gasteiger partial charge on any atom is -0.319 e. The summed E-state index contributed by atoms with van der Waals surface area (Å²) in [7, 11) is 1.80. The second-order valence-corrected chi connectivity index (χ2v) is 3.68. The second-order valence-electron chi connectivity index (χ2n) is 3.68. The van der Waals surface area contributed by atoms with Crippen molar-refractivity contribution in [3.05, 3.63) is 34.9 Å². The Hall–Kier alpha value is -1.47. The fourth-order valence-corrected chi connectivity index (χ4v) is 1.28. The number of aryl methyl sites for hydroxylation is 1. The maximum Gasteiger partial charge on any atom is 0.416 e. The average molecular weight is 241 g/mol. The predicted octanol–water partition coefficient (Wildman–Crippen LogP) is 2.97. The minimum absolute atomic E-state index is 0.441. The second kappa shape index (κ2) is 5.74. The molecule has 0 saturated carbocycles. The van der Waals surface area contributed by atoms with Gasteiger partial charge in [0.15, 0.2) is 0 Å². The maximum atomic E-state index is 12.5. The normalized spacial score (nSPS) is 10.9. The molecule has 0 radical (unpaired) electrons. The third-order valence-electron chi connectivity index (χ3n) is 2.29. The van der Waals surface area contributed by atoms with Crippen molar-refractivity contribution in [1.29, 1.82) is 0 Å². The number of alkyl halides is 3. The molecule has 0 aromatic heterocycles. The van der Waals surface area contributed by atoms with Gasteiger partial charge in [-0.3, -0.25) is 0 Å². The zero-order valence-corrected chi connectivity index (χ0v) is 9.78. The first kappa shape index (κ1) is 13.6. The Kier molecular flexibility index (Phi) is 4.59. The molecule has 0 amide bonds. The van der Waals surface area contributed by atoms with Crippen LogP contribution in [0.25, 0.3) is 0 Å². The number of benzene rings is 1. The van der Waals surface area contributed by atoms with E-state index in [4.69, 9.17) is 0 Å². The van der Waals surface area contributed by atoms with Gasteiger partial charge in [0.25, 0.3) is 0 Å². The van der Waals surface area contributed by atoms with Crippen LogP contribution in [0.3, 0.4) is 0 Å². The van der Waals surface area contributed by atoms with Crippen LogP contribution < -0.4 is 5.32 Å². The summed E-state index contributed by atoms with van der Waals surface area (Å²) in [5.74, 6) is 5.61. The van der Waals surface area contributed by atoms with Gasteiger partial charge in [0.1, 0.15) is 0 Å². The summed E-state index contributed by atoms with van der Waals surface area (Å²) in [4.78, 5) is 0. The van der Waals surface area contributed by atoms with Crippen molar-refractivity contribution in [2.24, 2.45) is 0 Å². The van der Waals surface area contributed by atoms with E-state index >= 15 is 0 Å². The smallest absolute Gasteiger partial charge is 0.319 e. The molecule has 1 aromatic carbocycles. The fourth-order valence-electron chi connectivity index (χ4n) is 1.28. The predicted molar refractivity (Wildman–Crippen MR) is 61.6 cm³/mol. The van der Waals surface area contributed by atoms with Crippen LogP contribution in [0, 0.1) is 18.8 Å². The first-order valence-corrected chi connectivity index (χ1v) is 5.26. The van der Waals surface area contributed by atoms with Crippen LogP contribution in [-0.4, -0.2) is 13.6 Å². The number of rotatable bonds is 2. The van der Waals surface area contributed by atoms with E-state index < -0.39 is 11.7 Å². The Morgan fingerprint density at radius 3 is 2.59 bits per heavy atom. The Balaban J connectivity index is 2.94. The van der Waals surface area contributed by atoms with Gasteiger partial charge in [0, 0.05) is 18.5 Å². The van der Waals surface area contributed by atoms with Crippen molar-refractivity contribution >= 4 is 0 Å². The number of halogens is 3. The molecule has 17 heavy (non-hydrogen) atoms. The van der Waals surface area contributed by atoms with Gasteiger partial charge in [-0.1, -0.05) is 17.9 Å². The van der Waals surface area contributed by atoms with E-state index in [9.17, 15) is 13.2 Å². The molecule has 0 atom stereocenters. The summed E-state index contributed by atoms with van der Waals surface area (Å²) in [6, 6.07) is 3.63. The summed E-state index contributed by atoms with van der Waals surface area (Å²) in [6.45, 7) is 2.48. The topological polar surface area (TPSA) is 12.0 Å². The van der Waals surface area contributed by atoms with E-state index in [0.29, 0.717) is 12.0 Å². The average Bonchev–Trinajstić information content (AvgIpc) is 2.25. The largest absolute Gasteiger partial charge is 0.416 e. The summed E-state index contributed by atoms with van der Waals surface area (Å²) < 4.78 is 37.5. The van der Waals surface area contributed by atoms with Crippen molar-refractivity contribution in [3.63, 3.8) is 0 Å². The highest BCUT2D eigenvalue weighted by molar-refractivity contribution is 5.43. The zero-order valence-electron chi connectivity index (χ0n) is 9.78. The lowest BCUT2D eigenvalue weighted by atomic mass is 10.0. The van der Waals surface area contributed by atoms with E-state index in [1.807, 2.05) is 0 Å². The number of hydrogen-bond acceptors (Lipinski definition) is 1. The third-order valence-corrected chi connectivity index (χ3v) is 2.29. The van der Waals surface area contributed by atoms with Crippen molar-refractivity contribution < 1.29 is 13.2 Å². The van der Waals surface area contributed by atoms with Gasteiger partial charge in [0.05, 0.1) is 5.56 Å². The Morgan fingerprint density at radius 1 is 1.29 bits per heavy atom. The van der Waals surface area contributed by atoms with Gasteiger partial charge in [-0.25, -0.2) is 0 Å². The van der Waals surface area contributed by atoms with Crippen LogP contribution >= 0.6 is 0 Å². The molecule has 4 heteroatoms. The lowest BCUT2D eigenvalue weighted by molar-refractivity contribution is -0.137. The summed E-state index contributed by atoms with van der Waals surface area (Å²) in [5.41, 5.74) is 0.548. The van der Waals surface area contributed by atoms with Crippen LogP contribution in [0.5, 0.6) is 0 Å². The van der Waals surface area contributed by atoms with Crippen molar-refractivity contribution in [2.45, 2.75) is 19.5 Å². The van der Waals surface area contributed by atoms with E-state index in [1.54, 1.807) is 14.0 Å². The summed E-state index contributed by atoms with van der Waals surface area (Å²) in [5, 5.41) is 2.92. The van der Waals surface area contributed by atoms with Gasteiger partial charge in [0.2, 0.25) is 0 Å². The highest BCUT2D eigenvalue weighted by Crippen LogP contribution is 2.30. The molecule has 0 unspecified atom stereocenters. The molecule has 0 fully saturated rings. The van der Waals surface area contributed by atoms with E-state index in [2.05, 4.69) is 17.2 Å². The number of nitrogens with one attached hydrogen (secondary N) is 1. The van der Waals surface area contributed by atoms with E-state index in [-0.39, 0.29) is 0 Å². The van der Waals surface area contributed by atoms with Gasteiger partial charge in [-0.2, -0.15) is 13.2 Å². The van der Waals surface area contributed by atoms with E-state index in [1.165, 1.54) is 6.07 Å². The molecule has 0 bridgehead atoms. The number of hydrogen-bond donors (Lipinski definition) is 1. The van der Waals surface area contributed by atoms with Crippen molar-refractivity contribution in [3.8, 4) is 11.8 Å². The third kappa shape index (κ3) is 4.12. The van der Waals surface area contributed by atoms with Crippen molar-refractivity contribution in [1.82, 2.24) is 5.32 Å². The standard InChI is InChI=1S/C13H14F3N/c1-10-6-7-12(13(14,15)16)9-11(10)5-3-4-8-17-2/h6-7,9,17H,4,8H2,1-2H3. The molecule has 1 rings (SSSR count). The van der Waals surface area contributed by atoms with Crippen molar-refractivity contribution in [2.75, 3.05) is 13.6 Å². The monoisotopic (exact) mass is 241 g/mol.